The third-order valence-electron chi connectivity index (χ3n) is 7.04. The van der Waals surface area contributed by atoms with Gasteiger partial charge in [-0.05, 0) is 49.8 Å². The summed E-state index contributed by atoms with van der Waals surface area (Å²) >= 11 is 5.87. The number of nitrogens with one attached hydrogen (secondary N) is 1. The molecule has 1 aromatic carbocycles. The fourth-order valence-electron chi connectivity index (χ4n) is 5.18. The van der Waals surface area contributed by atoms with E-state index in [4.69, 9.17) is 16.0 Å². The quantitative estimate of drug-likeness (QED) is 0.490. The zero-order valence-electron chi connectivity index (χ0n) is 19.2. The molecule has 1 atom stereocenters. The van der Waals surface area contributed by atoms with Crippen molar-refractivity contribution in [2.24, 2.45) is 5.92 Å². The maximum atomic E-state index is 13.4. The van der Waals surface area contributed by atoms with E-state index in [0.29, 0.717) is 36.2 Å². The number of pyridine rings is 1. The summed E-state index contributed by atoms with van der Waals surface area (Å²) in [6, 6.07) is 9.76. The molecule has 36 heavy (non-hydrogen) atoms. The summed E-state index contributed by atoms with van der Waals surface area (Å²) < 4.78 is 31.7. The van der Waals surface area contributed by atoms with Gasteiger partial charge in [0.2, 0.25) is 0 Å². The van der Waals surface area contributed by atoms with Crippen molar-refractivity contribution in [1.29, 1.82) is 0 Å². The Kier molecular flexibility index (Phi) is 6.53. The van der Waals surface area contributed by atoms with E-state index in [-0.39, 0.29) is 22.5 Å². The summed E-state index contributed by atoms with van der Waals surface area (Å²) in [4.78, 5) is 31.4. The van der Waals surface area contributed by atoms with Crippen molar-refractivity contribution in [2.45, 2.75) is 43.8 Å². The molecule has 10 heteroatoms. The first-order chi connectivity index (χ1) is 17.3. The van der Waals surface area contributed by atoms with Gasteiger partial charge in [-0.3, -0.25) is 14.6 Å². The summed E-state index contributed by atoms with van der Waals surface area (Å²) in [6.07, 6.45) is 3.70. The van der Waals surface area contributed by atoms with Crippen LogP contribution >= 0.6 is 11.6 Å². The van der Waals surface area contributed by atoms with E-state index in [1.165, 1.54) is 18.6 Å². The molecule has 2 N–H and O–H groups in total. The number of furan rings is 1. The molecular formula is C26H24ClF2N3O4. The van der Waals surface area contributed by atoms with Gasteiger partial charge in [0.05, 0.1) is 28.8 Å². The van der Waals surface area contributed by atoms with Crippen LogP contribution < -0.4 is 10.2 Å². The number of hydrogen-bond acceptors (Lipinski definition) is 5. The van der Waals surface area contributed by atoms with Crippen LogP contribution in [0.2, 0.25) is 5.02 Å². The van der Waals surface area contributed by atoms with Crippen LogP contribution in [0, 0.1) is 5.92 Å². The van der Waals surface area contributed by atoms with Gasteiger partial charge in [0.25, 0.3) is 18.2 Å². The molecule has 0 spiro atoms. The monoisotopic (exact) mass is 515 g/mol. The summed E-state index contributed by atoms with van der Waals surface area (Å²) in [5, 5.41) is 14.4. The number of amides is 2. The van der Waals surface area contributed by atoms with Gasteiger partial charge in [-0.25, -0.2) is 8.78 Å². The van der Waals surface area contributed by atoms with Crippen molar-refractivity contribution >= 4 is 29.1 Å². The molecule has 2 amide bonds. The van der Waals surface area contributed by atoms with E-state index < -0.39 is 29.5 Å². The zero-order chi connectivity index (χ0) is 25.4. The molecule has 1 unspecified atom stereocenters. The first-order valence-electron chi connectivity index (χ1n) is 11.7. The zero-order valence-corrected chi connectivity index (χ0v) is 19.9. The highest BCUT2D eigenvalue weighted by atomic mass is 35.5. The second-order valence-corrected chi connectivity index (χ2v) is 9.67. The molecule has 7 nitrogen and oxygen atoms in total. The predicted molar refractivity (Wildman–Crippen MR) is 128 cm³/mol. The van der Waals surface area contributed by atoms with E-state index in [9.17, 15) is 23.5 Å². The lowest BCUT2D eigenvalue weighted by Gasteiger charge is -2.32. The lowest BCUT2D eigenvalue weighted by Crippen LogP contribution is -2.44. The Hall–Kier alpha value is -3.30. The van der Waals surface area contributed by atoms with Gasteiger partial charge in [-0.1, -0.05) is 29.8 Å². The maximum absolute atomic E-state index is 13.4. The van der Waals surface area contributed by atoms with Crippen LogP contribution in [0.1, 0.15) is 59.3 Å². The number of rotatable bonds is 6. The number of carbonyl (C=O) groups is 2. The summed E-state index contributed by atoms with van der Waals surface area (Å²) in [7, 11) is 0. The smallest absolute Gasteiger partial charge is 0.281 e. The molecule has 1 saturated carbocycles. The van der Waals surface area contributed by atoms with Gasteiger partial charge < -0.3 is 19.7 Å². The van der Waals surface area contributed by atoms with Crippen molar-refractivity contribution in [2.75, 3.05) is 11.4 Å². The SMILES string of the molecule is O=C(N[C@H]1CC[C@H](CN2C(=O)C(O)(c3ccoc3)c3ccccc32)CC1)c1cc(Cl)cnc1C(F)F. The largest absolute Gasteiger partial charge is 0.472 e. The first-order valence-corrected chi connectivity index (χ1v) is 12.1. The van der Waals surface area contributed by atoms with Gasteiger partial charge in [0.15, 0.2) is 5.60 Å². The summed E-state index contributed by atoms with van der Waals surface area (Å²) in [5.74, 6) is -0.905. The van der Waals surface area contributed by atoms with Crippen LogP contribution in [-0.4, -0.2) is 34.5 Å². The molecule has 1 aliphatic carbocycles. The minimum atomic E-state index is -2.89. The molecule has 1 aliphatic heterocycles. The number of halogens is 3. The average molecular weight is 516 g/mol. The van der Waals surface area contributed by atoms with E-state index in [1.54, 1.807) is 23.1 Å². The van der Waals surface area contributed by atoms with Crippen LogP contribution in [0.3, 0.4) is 0 Å². The minimum absolute atomic E-state index is 0.110. The molecule has 0 bridgehead atoms. The van der Waals surface area contributed by atoms with Crippen LogP contribution in [0.5, 0.6) is 0 Å². The first kappa shape index (κ1) is 24.4. The number of benzene rings is 1. The number of alkyl halides is 2. The average Bonchev–Trinajstić information content (AvgIpc) is 3.49. The highest BCUT2D eigenvalue weighted by molar-refractivity contribution is 6.30. The van der Waals surface area contributed by atoms with Gasteiger partial charge >= 0.3 is 0 Å². The van der Waals surface area contributed by atoms with E-state index in [1.807, 2.05) is 12.1 Å². The van der Waals surface area contributed by atoms with Crippen molar-refractivity contribution in [1.82, 2.24) is 10.3 Å². The Morgan fingerprint density at radius 2 is 2.00 bits per heavy atom. The van der Waals surface area contributed by atoms with Crippen LogP contribution in [0.15, 0.2) is 59.5 Å². The van der Waals surface area contributed by atoms with Crippen LogP contribution in [0.4, 0.5) is 14.5 Å². The van der Waals surface area contributed by atoms with E-state index >= 15 is 0 Å². The number of nitrogens with zero attached hydrogens (tertiary/aromatic N) is 2. The second kappa shape index (κ2) is 9.63. The molecule has 3 aromatic rings. The fourth-order valence-corrected chi connectivity index (χ4v) is 5.34. The van der Waals surface area contributed by atoms with Gasteiger partial charge in [0, 0.05) is 29.9 Å². The normalized spacial score (nSPS) is 23.7. The summed E-state index contributed by atoms with van der Waals surface area (Å²) in [6.45, 7) is 0.421. The van der Waals surface area contributed by atoms with Gasteiger partial charge in [-0.15, -0.1) is 0 Å². The van der Waals surface area contributed by atoms with E-state index in [2.05, 4.69) is 10.3 Å². The lowest BCUT2D eigenvalue weighted by atomic mass is 9.85. The molecular weight excluding hydrogens is 492 g/mol. The number of para-hydroxylation sites is 1. The Bertz CT molecular complexity index is 1280. The van der Waals surface area contributed by atoms with Gasteiger partial charge in [0.1, 0.15) is 5.69 Å². The number of aromatic nitrogens is 1. The molecule has 188 valence electrons. The van der Waals surface area contributed by atoms with Gasteiger partial charge in [-0.2, -0.15) is 0 Å². The Morgan fingerprint density at radius 1 is 1.25 bits per heavy atom. The Balaban J connectivity index is 1.25. The number of carbonyl (C=O) groups excluding carboxylic acids is 2. The Labute approximate surface area is 211 Å². The number of fused-ring (bicyclic) bond motifs is 1. The lowest BCUT2D eigenvalue weighted by molar-refractivity contribution is -0.132. The van der Waals surface area contributed by atoms with Crippen molar-refractivity contribution < 1.29 is 27.9 Å². The van der Waals surface area contributed by atoms with Crippen molar-refractivity contribution in [3.63, 3.8) is 0 Å². The maximum Gasteiger partial charge on any atom is 0.281 e. The minimum Gasteiger partial charge on any atom is -0.472 e. The molecule has 5 rings (SSSR count). The molecule has 3 heterocycles. The predicted octanol–water partition coefficient (Wildman–Crippen LogP) is 4.84. The van der Waals surface area contributed by atoms with E-state index in [0.717, 1.165) is 19.0 Å². The number of hydrogen-bond donors (Lipinski definition) is 2. The highest BCUT2D eigenvalue weighted by Gasteiger charge is 2.51. The molecule has 0 radical (unpaired) electrons. The topological polar surface area (TPSA) is 95.7 Å². The molecule has 2 aliphatic rings. The Morgan fingerprint density at radius 3 is 2.69 bits per heavy atom. The number of anilines is 1. The van der Waals surface area contributed by atoms with Crippen LogP contribution in [-0.2, 0) is 10.4 Å². The second-order valence-electron chi connectivity index (χ2n) is 9.23. The number of aliphatic hydroxyl groups is 1. The van der Waals surface area contributed by atoms with Crippen LogP contribution in [0.25, 0.3) is 0 Å². The van der Waals surface area contributed by atoms with Crippen molar-refractivity contribution in [3.05, 3.63) is 82.5 Å². The highest BCUT2D eigenvalue weighted by Crippen LogP contribution is 2.45. The third-order valence-corrected chi connectivity index (χ3v) is 7.24. The molecule has 0 saturated heterocycles. The third kappa shape index (κ3) is 4.26. The molecule has 2 aromatic heterocycles. The summed E-state index contributed by atoms with van der Waals surface area (Å²) in [5.41, 5.74) is -1.06. The standard InChI is InChI=1S/C26H24ClF2N3O4/c27-17-11-19(22(23(28)29)30-12-17)24(33)31-18-7-5-15(6-8-18)13-32-21-4-2-1-3-20(21)26(35,25(32)34)16-9-10-36-14-16/h1-4,9-12,14-15,18,23,35H,5-8,13H2,(H,31,33)/t15-,18-,26?. The fraction of sp³-hybridized carbons (Fsp3) is 0.346. The molecule has 1 fully saturated rings. The van der Waals surface area contributed by atoms with Crippen molar-refractivity contribution in [3.8, 4) is 0 Å².